The Morgan fingerprint density at radius 3 is 2.84 bits per heavy atom. The number of piperidine rings is 1. The largest absolute Gasteiger partial charge is 0.494 e. The first-order valence-corrected chi connectivity index (χ1v) is 6.61. The third-order valence-electron chi connectivity index (χ3n) is 3.69. The summed E-state index contributed by atoms with van der Waals surface area (Å²) in [6.45, 7) is 3.23. The van der Waals surface area contributed by atoms with Crippen molar-refractivity contribution in [3.63, 3.8) is 0 Å². The smallest absolute Gasteiger partial charge is 0.326 e. The van der Waals surface area contributed by atoms with Crippen LogP contribution in [0.25, 0.3) is 0 Å². The molecule has 6 nitrogen and oxygen atoms in total. The fourth-order valence-corrected chi connectivity index (χ4v) is 2.51. The van der Waals surface area contributed by atoms with Gasteiger partial charge < -0.3 is 19.5 Å². The molecule has 0 aromatic rings. The van der Waals surface area contributed by atoms with Crippen molar-refractivity contribution >= 4 is 11.9 Å². The van der Waals surface area contributed by atoms with Gasteiger partial charge >= 0.3 is 5.97 Å². The third kappa shape index (κ3) is 3.00. The summed E-state index contributed by atoms with van der Waals surface area (Å²) in [4.78, 5) is 25.0. The zero-order valence-corrected chi connectivity index (χ0v) is 11.0. The van der Waals surface area contributed by atoms with Crippen LogP contribution in [0.5, 0.6) is 0 Å². The number of carboxylic acid groups (broad SMARTS) is 1. The van der Waals surface area contributed by atoms with Crippen LogP contribution in [-0.2, 0) is 19.1 Å². The number of carbonyl (C=O) groups excluding carboxylic acids is 1. The molecule has 0 bridgehead atoms. The molecule has 2 atom stereocenters. The number of carbonyl (C=O) groups is 2. The van der Waals surface area contributed by atoms with Gasteiger partial charge in [-0.15, -0.1) is 0 Å². The molecule has 6 heteroatoms. The summed E-state index contributed by atoms with van der Waals surface area (Å²) in [5.74, 6) is -0.874. The van der Waals surface area contributed by atoms with Gasteiger partial charge in [0.15, 0.2) is 0 Å². The van der Waals surface area contributed by atoms with E-state index in [9.17, 15) is 14.7 Å². The van der Waals surface area contributed by atoms with Gasteiger partial charge in [-0.2, -0.15) is 0 Å². The molecule has 2 aliphatic rings. The molecule has 0 radical (unpaired) electrons. The predicted octanol–water partition coefficient (Wildman–Crippen LogP) is 0.976. The summed E-state index contributed by atoms with van der Waals surface area (Å²) in [6, 6.07) is -0.766. The van der Waals surface area contributed by atoms with Gasteiger partial charge in [-0.3, -0.25) is 4.79 Å². The molecule has 1 saturated heterocycles. The molecule has 2 heterocycles. The van der Waals surface area contributed by atoms with Crippen LogP contribution in [0.2, 0.25) is 0 Å². The highest BCUT2D eigenvalue weighted by atomic mass is 16.6. The lowest BCUT2D eigenvalue weighted by atomic mass is 9.89. The van der Waals surface area contributed by atoms with Gasteiger partial charge in [-0.25, -0.2) is 4.79 Å². The molecule has 19 heavy (non-hydrogen) atoms. The SMILES string of the molecule is CCC1CCN(C(=O)C2=COCCO2)C(C(=O)O)C1. The number of amides is 1. The van der Waals surface area contributed by atoms with Crippen molar-refractivity contribution < 1.29 is 24.2 Å². The highest BCUT2D eigenvalue weighted by Gasteiger charge is 2.37. The normalized spacial score (nSPS) is 27.0. The Kier molecular flexibility index (Phi) is 4.29. The first-order valence-electron chi connectivity index (χ1n) is 6.61. The summed E-state index contributed by atoms with van der Waals surface area (Å²) in [5, 5.41) is 9.28. The van der Waals surface area contributed by atoms with Gasteiger partial charge in [-0.1, -0.05) is 13.3 Å². The summed E-state index contributed by atoms with van der Waals surface area (Å²) in [7, 11) is 0. The van der Waals surface area contributed by atoms with E-state index in [1.54, 1.807) is 0 Å². The monoisotopic (exact) mass is 269 g/mol. The van der Waals surface area contributed by atoms with Crippen LogP contribution in [0.4, 0.5) is 0 Å². The van der Waals surface area contributed by atoms with Crippen LogP contribution in [-0.4, -0.2) is 47.7 Å². The average molecular weight is 269 g/mol. The van der Waals surface area contributed by atoms with E-state index in [4.69, 9.17) is 9.47 Å². The fraction of sp³-hybridized carbons (Fsp3) is 0.692. The summed E-state index contributed by atoms with van der Waals surface area (Å²) < 4.78 is 10.3. The second-order valence-corrected chi connectivity index (χ2v) is 4.85. The average Bonchev–Trinajstić information content (AvgIpc) is 2.46. The number of aliphatic carboxylic acids is 1. The van der Waals surface area contributed by atoms with Crippen LogP contribution >= 0.6 is 0 Å². The van der Waals surface area contributed by atoms with E-state index in [1.807, 2.05) is 6.92 Å². The maximum Gasteiger partial charge on any atom is 0.326 e. The minimum atomic E-state index is -0.955. The molecular weight excluding hydrogens is 250 g/mol. The number of nitrogens with zero attached hydrogens (tertiary/aromatic N) is 1. The van der Waals surface area contributed by atoms with E-state index < -0.39 is 12.0 Å². The van der Waals surface area contributed by atoms with Gasteiger partial charge in [0.1, 0.15) is 25.5 Å². The zero-order chi connectivity index (χ0) is 13.8. The van der Waals surface area contributed by atoms with E-state index in [0.29, 0.717) is 32.1 Å². The van der Waals surface area contributed by atoms with Crippen molar-refractivity contribution in [1.82, 2.24) is 4.90 Å². The quantitative estimate of drug-likeness (QED) is 0.826. The van der Waals surface area contributed by atoms with Crippen molar-refractivity contribution in [1.29, 1.82) is 0 Å². The number of ether oxygens (including phenoxy) is 2. The Balaban J connectivity index is 2.10. The van der Waals surface area contributed by atoms with Crippen molar-refractivity contribution in [2.24, 2.45) is 5.92 Å². The molecule has 0 aromatic heterocycles. The lowest BCUT2D eigenvalue weighted by Gasteiger charge is -2.37. The molecule has 0 aliphatic carbocycles. The summed E-state index contributed by atoms with van der Waals surface area (Å²) in [5.41, 5.74) is 0. The van der Waals surface area contributed by atoms with Gasteiger partial charge in [0.05, 0.1) is 0 Å². The van der Waals surface area contributed by atoms with Crippen LogP contribution in [0, 0.1) is 5.92 Å². The van der Waals surface area contributed by atoms with Gasteiger partial charge in [-0.05, 0) is 18.8 Å². The lowest BCUT2D eigenvalue weighted by molar-refractivity contribution is -0.153. The Morgan fingerprint density at radius 2 is 2.26 bits per heavy atom. The van der Waals surface area contributed by atoms with Crippen molar-refractivity contribution in [2.75, 3.05) is 19.8 Å². The lowest BCUT2D eigenvalue weighted by Crippen LogP contribution is -2.51. The second-order valence-electron chi connectivity index (χ2n) is 4.85. The van der Waals surface area contributed by atoms with E-state index in [1.165, 1.54) is 11.2 Å². The Bertz CT molecular complexity index is 392. The van der Waals surface area contributed by atoms with Gasteiger partial charge in [0.2, 0.25) is 5.76 Å². The number of hydrogen-bond acceptors (Lipinski definition) is 4. The van der Waals surface area contributed by atoms with E-state index in [-0.39, 0.29) is 11.7 Å². The Hall–Kier alpha value is -1.72. The van der Waals surface area contributed by atoms with Crippen molar-refractivity contribution in [3.8, 4) is 0 Å². The summed E-state index contributed by atoms with van der Waals surface area (Å²) >= 11 is 0. The standard InChI is InChI=1S/C13H19NO5/c1-2-9-3-4-14(10(7-9)13(16)17)12(15)11-8-18-5-6-19-11/h8-10H,2-7H2,1H3,(H,16,17). The topological polar surface area (TPSA) is 76.1 Å². The number of rotatable bonds is 3. The minimum absolute atomic E-state index is 0.104. The zero-order valence-electron chi connectivity index (χ0n) is 11.0. The Labute approximate surface area is 112 Å². The van der Waals surface area contributed by atoms with E-state index in [2.05, 4.69) is 0 Å². The molecule has 1 N–H and O–H groups in total. The molecule has 0 aromatic carbocycles. The molecule has 106 valence electrons. The van der Waals surface area contributed by atoms with Crippen molar-refractivity contribution in [2.45, 2.75) is 32.2 Å². The van der Waals surface area contributed by atoms with Crippen LogP contribution in [0.3, 0.4) is 0 Å². The van der Waals surface area contributed by atoms with Gasteiger partial charge in [0, 0.05) is 6.54 Å². The summed E-state index contributed by atoms with van der Waals surface area (Å²) in [6.07, 6.45) is 3.55. The Morgan fingerprint density at radius 1 is 1.47 bits per heavy atom. The fourth-order valence-electron chi connectivity index (χ4n) is 2.51. The maximum atomic E-state index is 12.3. The number of likely N-dealkylation sites (tertiary alicyclic amines) is 1. The molecule has 0 saturated carbocycles. The van der Waals surface area contributed by atoms with Gasteiger partial charge in [0.25, 0.3) is 5.91 Å². The van der Waals surface area contributed by atoms with E-state index >= 15 is 0 Å². The first kappa shape index (κ1) is 13.7. The minimum Gasteiger partial charge on any atom is -0.494 e. The number of hydrogen-bond donors (Lipinski definition) is 1. The van der Waals surface area contributed by atoms with Crippen LogP contribution in [0.1, 0.15) is 26.2 Å². The highest BCUT2D eigenvalue weighted by Crippen LogP contribution is 2.27. The molecule has 1 amide bonds. The third-order valence-corrected chi connectivity index (χ3v) is 3.69. The maximum absolute atomic E-state index is 12.3. The van der Waals surface area contributed by atoms with Crippen LogP contribution < -0.4 is 0 Å². The molecule has 0 spiro atoms. The first-order chi connectivity index (χ1) is 9.13. The predicted molar refractivity (Wildman–Crippen MR) is 66.1 cm³/mol. The molecule has 2 unspecified atom stereocenters. The molecule has 1 fully saturated rings. The molecule has 2 aliphatic heterocycles. The molecule has 2 rings (SSSR count). The highest BCUT2D eigenvalue weighted by molar-refractivity contribution is 5.94. The van der Waals surface area contributed by atoms with Crippen molar-refractivity contribution in [3.05, 3.63) is 12.0 Å². The number of carboxylic acids is 1. The van der Waals surface area contributed by atoms with Crippen LogP contribution in [0.15, 0.2) is 12.0 Å². The second kappa shape index (κ2) is 5.95. The van der Waals surface area contributed by atoms with E-state index in [0.717, 1.165) is 12.8 Å². The molecular formula is C13H19NO5.